The van der Waals surface area contributed by atoms with Crippen molar-refractivity contribution in [1.29, 1.82) is 0 Å². The molecule has 0 bridgehead atoms. The summed E-state index contributed by atoms with van der Waals surface area (Å²) in [6, 6.07) is 0. The average molecular weight is 381 g/mol. The molecule has 0 aliphatic rings. The van der Waals surface area contributed by atoms with Gasteiger partial charge < -0.3 is 0 Å². The fraction of sp³-hybridized carbons (Fsp3) is 1.00. The molecule has 0 aliphatic carbocycles. The van der Waals surface area contributed by atoms with Crippen LogP contribution in [0.3, 0.4) is 0 Å². The Morgan fingerprint density at radius 2 is 0.722 bits per heavy atom. The van der Waals surface area contributed by atoms with Crippen LogP contribution in [0, 0.1) is 0 Å². The van der Waals surface area contributed by atoms with E-state index in [4.69, 9.17) is 0 Å². The van der Waals surface area contributed by atoms with Gasteiger partial charge in [0.05, 0.1) is 24.6 Å². The van der Waals surface area contributed by atoms with Crippen molar-refractivity contribution < 1.29 is 0 Å². The van der Waals surface area contributed by atoms with Crippen molar-refractivity contribution in [3.63, 3.8) is 0 Å². The smallest absolute Gasteiger partial charge is 0.0652 e. The minimum Gasteiger partial charge on any atom is -0.0652 e. The third kappa shape index (κ3) is 10.1. The Balaban J connectivity index is 0. The third-order valence-electron chi connectivity index (χ3n) is 3.94. The molecule has 0 fully saturated rings. The molecule has 0 unspecified atom stereocenters. The molecule has 0 aromatic rings. The quantitative estimate of drug-likeness (QED) is 0.295. The first kappa shape index (κ1) is 21.5. The molecule has 0 atom stereocenters. The maximum absolute atomic E-state index is 2.36. The van der Waals surface area contributed by atoms with Gasteiger partial charge in [-0.25, -0.2) is 0 Å². The Morgan fingerprint density at radius 1 is 0.500 bits per heavy atom. The summed E-state index contributed by atoms with van der Waals surface area (Å²) in [5.41, 5.74) is 0. The van der Waals surface area contributed by atoms with E-state index in [9.17, 15) is 0 Å². The normalized spacial score (nSPS) is 11.3. The van der Waals surface area contributed by atoms with E-state index in [1.807, 2.05) is 0 Å². The van der Waals surface area contributed by atoms with Gasteiger partial charge in [-0.3, -0.25) is 0 Å². The molecule has 0 aromatic heterocycles. The predicted molar refractivity (Wildman–Crippen MR) is 91.8 cm³/mol. The zero-order valence-electron chi connectivity index (χ0n) is 13.4. The molecule has 0 spiro atoms. The Bertz CT molecular complexity index is 122. The predicted octanol–water partition coefficient (Wildman–Crippen LogP) is 5.82. The van der Waals surface area contributed by atoms with Crippen LogP contribution in [0.25, 0.3) is 0 Å². The first-order chi connectivity index (χ1) is 8.24. The van der Waals surface area contributed by atoms with Crippen molar-refractivity contribution in [3.8, 4) is 0 Å². The van der Waals surface area contributed by atoms with E-state index in [1.54, 1.807) is 24.6 Å². The van der Waals surface area contributed by atoms with Crippen molar-refractivity contribution in [2.24, 2.45) is 0 Å². The molecule has 106 valence electrons. The van der Waals surface area contributed by atoms with Gasteiger partial charge >= 0.3 is 24.4 Å². The summed E-state index contributed by atoms with van der Waals surface area (Å²) in [5, 5.41) is 0. The van der Waals surface area contributed by atoms with Crippen LogP contribution in [0.4, 0.5) is 0 Å². The summed E-state index contributed by atoms with van der Waals surface area (Å²) in [5.74, 6) is 0. The molecule has 0 N–H and O–H groups in total. The second kappa shape index (κ2) is 14.7. The molecular formula is C16H36PSb+4. The molecule has 2 radical (unpaired) electrons. The molecule has 0 saturated heterocycles. The first-order valence-corrected chi connectivity index (χ1v) is 10.6. The molecule has 0 rings (SSSR count). The van der Waals surface area contributed by atoms with E-state index in [0.717, 1.165) is 0 Å². The van der Waals surface area contributed by atoms with Gasteiger partial charge in [-0.05, 0) is 25.7 Å². The molecule has 0 saturated carbocycles. The fourth-order valence-electron chi connectivity index (χ4n) is 2.64. The minimum atomic E-state index is -0.562. The van der Waals surface area contributed by atoms with Crippen molar-refractivity contribution in [2.45, 2.75) is 79.1 Å². The fourth-order valence-corrected chi connectivity index (χ4v) is 7.93. The molecule has 2 heteroatoms. The van der Waals surface area contributed by atoms with Crippen LogP contribution in [0.5, 0.6) is 0 Å². The summed E-state index contributed by atoms with van der Waals surface area (Å²) in [4.78, 5) is 0. The van der Waals surface area contributed by atoms with Crippen LogP contribution < -0.4 is 0 Å². The number of rotatable bonds is 12. The van der Waals surface area contributed by atoms with Crippen molar-refractivity contribution in [1.82, 2.24) is 0 Å². The van der Waals surface area contributed by atoms with Crippen LogP contribution in [0.2, 0.25) is 0 Å². The second-order valence-corrected chi connectivity index (χ2v) is 10.1. The maximum atomic E-state index is 2.36. The van der Waals surface area contributed by atoms with Gasteiger partial charge in [0.15, 0.2) is 0 Å². The molecular weight excluding hydrogens is 345 g/mol. The van der Waals surface area contributed by atoms with Crippen molar-refractivity contribution in [3.05, 3.63) is 0 Å². The Labute approximate surface area is 135 Å². The molecule has 0 aromatic carbocycles. The summed E-state index contributed by atoms with van der Waals surface area (Å²) in [6.07, 6.45) is 17.9. The molecule has 18 heavy (non-hydrogen) atoms. The number of hydrogen-bond acceptors (Lipinski definition) is 0. The monoisotopic (exact) mass is 380 g/mol. The van der Waals surface area contributed by atoms with E-state index in [1.165, 1.54) is 51.4 Å². The van der Waals surface area contributed by atoms with Crippen molar-refractivity contribution in [2.75, 3.05) is 24.6 Å². The van der Waals surface area contributed by atoms with Crippen LogP contribution >= 0.6 is 7.26 Å². The molecule has 0 aliphatic heterocycles. The Hall–Kier alpha value is 1.25. The van der Waals surface area contributed by atoms with E-state index < -0.39 is 7.26 Å². The second-order valence-electron chi connectivity index (χ2n) is 5.65. The van der Waals surface area contributed by atoms with Gasteiger partial charge in [-0.1, -0.05) is 53.4 Å². The SMILES string of the molecule is CCCC[P+](CCCC)(CCCC)CCCC.[Sb+3]. The topological polar surface area (TPSA) is 0 Å². The van der Waals surface area contributed by atoms with Gasteiger partial charge in [0.1, 0.15) is 0 Å². The summed E-state index contributed by atoms with van der Waals surface area (Å²) < 4.78 is 0. The number of hydrogen-bond donors (Lipinski definition) is 0. The van der Waals surface area contributed by atoms with Crippen LogP contribution in [-0.4, -0.2) is 49.1 Å². The maximum Gasteiger partial charge on any atom is 3.00 e. The van der Waals surface area contributed by atoms with Crippen LogP contribution in [-0.2, 0) is 0 Å². The van der Waals surface area contributed by atoms with E-state index >= 15 is 0 Å². The molecule has 0 amide bonds. The summed E-state index contributed by atoms with van der Waals surface area (Å²) >= 11 is 0. The number of unbranched alkanes of at least 4 members (excludes halogenated alkanes) is 4. The average Bonchev–Trinajstić information content (AvgIpc) is 2.37. The molecule has 0 heterocycles. The zero-order chi connectivity index (χ0) is 13.0. The largest absolute Gasteiger partial charge is 3.00 e. The van der Waals surface area contributed by atoms with Crippen LogP contribution in [0.15, 0.2) is 0 Å². The van der Waals surface area contributed by atoms with Crippen molar-refractivity contribution >= 4 is 31.7 Å². The van der Waals surface area contributed by atoms with E-state index in [-0.39, 0.29) is 24.4 Å². The Kier molecular flexibility index (Phi) is 17.5. The summed E-state index contributed by atoms with van der Waals surface area (Å²) in [6.45, 7) is 9.42. The van der Waals surface area contributed by atoms with Gasteiger partial charge in [0.2, 0.25) is 0 Å². The summed E-state index contributed by atoms with van der Waals surface area (Å²) in [7, 11) is -0.562. The van der Waals surface area contributed by atoms with Crippen LogP contribution in [0.1, 0.15) is 79.1 Å². The third-order valence-corrected chi connectivity index (χ3v) is 9.00. The van der Waals surface area contributed by atoms with Gasteiger partial charge in [0, 0.05) is 7.26 Å². The Morgan fingerprint density at radius 3 is 0.889 bits per heavy atom. The van der Waals surface area contributed by atoms with Gasteiger partial charge in [-0.2, -0.15) is 0 Å². The zero-order valence-corrected chi connectivity index (χ0v) is 16.8. The van der Waals surface area contributed by atoms with Gasteiger partial charge in [-0.15, -0.1) is 0 Å². The van der Waals surface area contributed by atoms with E-state index in [2.05, 4.69) is 27.7 Å². The first-order valence-electron chi connectivity index (χ1n) is 8.09. The van der Waals surface area contributed by atoms with E-state index in [0.29, 0.717) is 0 Å². The minimum absolute atomic E-state index is 0. The van der Waals surface area contributed by atoms with Gasteiger partial charge in [0.25, 0.3) is 0 Å². The standard InChI is InChI=1S/C16H36P.Sb/c1-5-9-13-17(14-10-6-2,15-11-7-3)16-12-8-4;/h5-16H2,1-4H3;/q+1;+3. The molecule has 0 nitrogen and oxygen atoms in total.